The molecule has 0 bridgehead atoms. The first-order valence-corrected chi connectivity index (χ1v) is 7.93. The molecule has 1 amide bonds. The third-order valence-corrected chi connectivity index (χ3v) is 3.80. The lowest BCUT2D eigenvalue weighted by atomic mass is 10.0. The molecule has 24 heavy (non-hydrogen) atoms. The van der Waals surface area contributed by atoms with E-state index >= 15 is 0 Å². The standard InChI is InChI=1S/C19H23FN2O2/c1-14-4-6-15(7-5-14)18(21)19(23)22(2)12-3-13-24-17-10-8-16(20)9-11-17/h4-11,18H,3,12-13,21H2,1-2H3. The quantitative estimate of drug-likeness (QED) is 0.794. The Morgan fingerprint density at radius 3 is 2.42 bits per heavy atom. The molecule has 4 nitrogen and oxygen atoms in total. The zero-order valence-corrected chi connectivity index (χ0v) is 14.0. The molecular weight excluding hydrogens is 307 g/mol. The van der Waals surface area contributed by atoms with Crippen molar-refractivity contribution in [2.45, 2.75) is 19.4 Å². The molecule has 0 aromatic heterocycles. The minimum absolute atomic E-state index is 0.124. The van der Waals surface area contributed by atoms with Crippen LogP contribution in [0.1, 0.15) is 23.6 Å². The van der Waals surface area contributed by atoms with Gasteiger partial charge in [0.1, 0.15) is 17.6 Å². The first-order valence-electron chi connectivity index (χ1n) is 7.93. The van der Waals surface area contributed by atoms with E-state index in [1.165, 1.54) is 12.1 Å². The third-order valence-electron chi connectivity index (χ3n) is 3.80. The van der Waals surface area contributed by atoms with Gasteiger partial charge in [-0.25, -0.2) is 4.39 Å². The summed E-state index contributed by atoms with van der Waals surface area (Å²) in [7, 11) is 1.73. The van der Waals surface area contributed by atoms with Crippen molar-refractivity contribution in [2.75, 3.05) is 20.2 Å². The Morgan fingerprint density at radius 2 is 1.79 bits per heavy atom. The molecule has 0 aliphatic heterocycles. The minimum Gasteiger partial charge on any atom is -0.494 e. The topological polar surface area (TPSA) is 55.6 Å². The van der Waals surface area contributed by atoms with E-state index in [4.69, 9.17) is 10.5 Å². The maximum atomic E-state index is 12.8. The van der Waals surface area contributed by atoms with Crippen LogP contribution in [-0.2, 0) is 4.79 Å². The minimum atomic E-state index is -0.659. The van der Waals surface area contributed by atoms with Gasteiger partial charge in [0.2, 0.25) is 5.91 Å². The molecule has 0 radical (unpaired) electrons. The van der Waals surface area contributed by atoms with Gasteiger partial charge in [-0.15, -0.1) is 0 Å². The Morgan fingerprint density at radius 1 is 1.17 bits per heavy atom. The van der Waals surface area contributed by atoms with Crippen molar-refractivity contribution in [3.63, 3.8) is 0 Å². The van der Waals surface area contributed by atoms with Crippen LogP contribution in [0.2, 0.25) is 0 Å². The van der Waals surface area contributed by atoms with E-state index in [-0.39, 0.29) is 11.7 Å². The third kappa shape index (κ3) is 5.06. The van der Waals surface area contributed by atoms with Gasteiger partial charge in [-0.1, -0.05) is 29.8 Å². The van der Waals surface area contributed by atoms with Crippen molar-refractivity contribution in [3.05, 3.63) is 65.5 Å². The molecule has 128 valence electrons. The molecule has 2 rings (SSSR count). The van der Waals surface area contributed by atoms with Gasteiger partial charge in [-0.05, 0) is 43.2 Å². The van der Waals surface area contributed by atoms with Crippen LogP contribution in [0, 0.1) is 12.7 Å². The number of likely N-dealkylation sites (N-methyl/N-ethyl adjacent to an activating group) is 1. The smallest absolute Gasteiger partial charge is 0.243 e. The monoisotopic (exact) mass is 330 g/mol. The molecule has 0 aliphatic rings. The summed E-state index contributed by atoms with van der Waals surface area (Å²) in [6.45, 7) is 2.98. The van der Waals surface area contributed by atoms with Crippen molar-refractivity contribution in [1.29, 1.82) is 0 Å². The van der Waals surface area contributed by atoms with Crippen LogP contribution in [0.3, 0.4) is 0 Å². The molecule has 0 fully saturated rings. The summed E-state index contributed by atoms with van der Waals surface area (Å²) in [5.41, 5.74) is 7.98. The van der Waals surface area contributed by atoms with Crippen LogP contribution in [0.4, 0.5) is 4.39 Å². The van der Waals surface area contributed by atoms with Crippen LogP contribution in [0.5, 0.6) is 5.75 Å². The van der Waals surface area contributed by atoms with Gasteiger partial charge in [0.15, 0.2) is 0 Å². The predicted octanol–water partition coefficient (Wildman–Crippen LogP) is 3.06. The number of benzene rings is 2. The largest absolute Gasteiger partial charge is 0.494 e. The zero-order valence-electron chi connectivity index (χ0n) is 14.0. The van der Waals surface area contributed by atoms with Gasteiger partial charge in [0.25, 0.3) is 0 Å². The molecule has 0 aliphatic carbocycles. The molecule has 0 heterocycles. The highest BCUT2D eigenvalue weighted by Gasteiger charge is 2.19. The molecule has 1 unspecified atom stereocenters. The highest BCUT2D eigenvalue weighted by molar-refractivity contribution is 5.82. The number of carbonyl (C=O) groups is 1. The normalized spacial score (nSPS) is 11.8. The first kappa shape index (κ1) is 17.9. The Hall–Kier alpha value is -2.40. The number of hydrogen-bond acceptors (Lipinski definition) is 3. The van der Waals surface area contributed by atoms with Gasteiger partial charge in [0.05, 0.1) is 6.61 Å². The fraction of sp³-hybridized carbons (Fsp3) is 0.316. The SMILES string of the molecule is Cc1ccc(C(N)C(=O)N(C)CCCOc2ccc(F)cc2)cc1. The van der Waals surface area contributed by atoms with E-state index < -0.39 is 6.04 Å². The molecule has 0 spiro atoms. The number of halogens is 1. The summed E-state index contributed by atoms with van der Waals surface area (Å²) in [4.78, 5) is 14.0. The van der Waals surface area contributed by atoms with E-state index in [2.05, 4.69) is 0 Å². The summed E-state index contributed by atoms with van der Waals surface area (Å²) in [6, 6.07) is 12.9. The van der Waals surface area contributed by atoms with Crippen molar-refractivity contribution < 1.29 is 13.9 Å². The first-order chi connectivity index (χ1) is 11.5. The van der Waals surface area contributed by atoms with Gasteiger partial charge in [-0.3, -0.25) is 4.79 Å². The molecule has 1 atom stereocenters. The number of nitrogens with zero attached hydrogens (tertiary/aromatic N) is 1. The second-order valence-corrected chi connectivity index (χ2v) is 5.80. The van der Waals surface area contributed by atoms with E-state index in [1.54, 1.807) is 24.1 Å². The lowest BCUT2D eigenvalue weighted by Gasteiger charge is -2.21. The van der Waals surface area contributed by atoms with Crippen LogP contribution in [0.25, 0.3) is 0 Å². The molecule has 0 saturated carbocycles. The summed E-state index contributed by atoms with van der Waals surface area (Å²) in [5, 5.41) is 0. The van der Waals surface area contributed by atoms with E-state index in [9.17, 15) is 9.18 Å². The molecular formula is C19H23FN2O2. The predicted molar refractivity (Wildman–Crippen MR) is 92.3 cm³/mol. The fourth-order valence-corrected chi connectivity index (χ4v) is 2.29. The van der Waals surface area contributed by atoms with E-state index in [0.29, 0.717) is 25.3 Å². The molecule has 0 saturated heterocycles. The average Bonchev–Trinajstić information content (AvgIpc) is 2.59. The van der Waals surface area contributed by atoms with Crippen molar-refractivity contribution in [1.82, 2.24) is 4.90 Å². The maximum Gasteiger partial charge on any atom is 0.243 e. The Labute approximate surface area is 142 Å². The van der Waals surface area contributed by atoms with Gasteiger partial charge in [0, 0.05) is 13.6 Å². The van der Waals surface area contributed by atoms with Crippen molar-refractivity contribution in [3.8, 4) is 5.75 Å². The number of ether oxygens (including phenoxy) is 1. The van der Waals surface area contributed by atoms with Crippen LogP contribution >= 0.6 is 0 Å². The number of amides is 1. The molecule has 2 aromatic rings. The lowest BCUT2D eigenvalue weighted by molar-refractivity contribution is -0.131. The lowest BCUT2D eigenvalue weighted by Crippen LogP contribution is -2.36. The summed E-state index contributed by atoms with van der Waals surface area (Å²) in [6.07, 6.45) is 0.667. The van der Waals surface area contributed by atoms with Gasteiger partial charge < -0.3 is 15.4 Å². The zero-order chi connectivity index (χ0) is 17.5. The van der Waals surface area contributed by atoms with Crippen molar-refractivity contribution in [2.24, 2.45) is 5.73 Å². The Balaban J connectivity index is 1.76. The highest BCUT2D eigenvalue weighted by Crippen LogP contribution is 2.14. The van der Waals surface area contributed by atoms with Gasteiger partial charge in [-0.2, -0.15) is 0 Å². The molecule has 2 N–H and O–H groups in total. The van der Waals surface area contributed by atoms with Crippen molar-refractivity contribution >= 4 is 5.91 Å². The second-order valence-electron chi connectivity index (χ2n) is 5.80. The Bertz CT molecular complexity index is 656. The highest BCUT2D eigenvalue weighted by atomic mass is 19.1. The Kier molecular flexibility index (Phi) is 6.32. The number of aryl methyl sites for hydroxylation is 1. The molecule has 2 aromatic carbocycles. The number of rotatable bonds is 7. The number of hydrogen-bond donors (Lipinski definition) is 1. The second kappa shape index (κ2) is 8.45. The number of carbonyl (C=O) groups excluding carboxylic acids is 1. The summed E-state index contributed by atoms with van der Waals surface area (Å²) < 4.78 is 18.3. The number of nitrogens with two attached hydrogens (primary N) is 1. The van der Waals surface area contributed by atoms with Crippen LogP contribution in [-0.4, -0.2) is 31.0 Å². The fourth-order valence-electron chi connectivity index (χ4n) is 2.29. The maximum absolute atomic E-state index is 12.8. The van der Waals surface area contributed by atoms with Crippen LogP contribution < -0.4 is 10.5 Å². The van der Waals surface area contributed by atoms with E-state index in [0.717, 1.165) is 11.1 Å². The van der Waals surface area contributed by atoms with Gasteiger partial charge >= 0.3 is 0 Å². The van der Waals surface area contributed by atoms with E-state index in [1.807, 2.05) is 31.2 Å². The van der Waals surface area contributed by atoms with Crippen LogP contribution in [0.15, 0.2) is 48.5 Å². The average molecular weight is 330 g/mol. The summed E-state index contributed by atoms with van der Waals surface area (Å²) >= 11 is 0. The molecule has 5 heteroatoms. The summed E-state index contributed by atoms with van der Waals surface area (Å²) in [5.74, 6) is 0.195.